The standard InChI is InChI=1S/C8H9ClFN/c1-8(2,10)6-3-4-7(9)11-5-6/h3-5H,1-2H3. The highest BCUT2D eigenvalue weighted by Gasteiger charge is 2.18. The van der Waals surface area contributed by atoms with Crippen molar-refractivity contribution < 1.29 is 4.39 Å². The summed E-state index contributed by atoms with van der Waals surface area (Å²) in [6, 6.07) is 3.22. The van der Waals surface area contributed by atoms with Crippen molar-refractivity contribution in [1.82, 2.24) is 4.98 Å². The molecule has 0 N–H and O–H groups in total. The van der Waals surface area contributed by atoms with Crippen LogP contribution in [0.15, 0.2) is 18.3 Å². The first kappa shape index (κ1) is 8.47. The van der Waals surface area contributed by atoms with Crippen LogP contribution in [0, 0.1) is 0 Å². The van der Waals surface area contributed by atoms with E-state index in [1.807, 2.05) is 0 Å². The number of hydrogen-bond acceptors (Lipinski definition) is 1. The molecule has 1 aromatic rings. The largest absolute Gasteiger partial charge is 0.244 e. The molecule has 0 aliphatic carbocycles. The fourth-order valence-corrected chi connectivity index (χ4v) is 0.839. The summed E-state index contributed by atoms with van der Waals surface area (Å²) in [5.74, 6) is 0. The van der Waals surface area contributed by atoms with Crippen LogP contribution in [-0.4, -0.2) is 4.98 Å². The maximum atomic E-state index is 13.2. The van der Waals surface area contributed by atoms with Gasteiger partial charge in [0.2, 0.25) is 0 Å². The smallest absolute Gasteiger partial charge is 0.131 e. The Morgan fingerprint density at radius 3 is 2.45 bits per heavy atom. The second kappa shape index (κ2) is 2.78. The van der Waals surface area contributed by atoms with Gasteiger partial charge in [-0.15, -0.1) is 0 Å². The summed E-state index contributed by atoms with van der Waals surface area (Å²) in [5.41, 5.74) is -0.792. The van der Waals surface area contributed by atoms with Crippen LogP contribution >= 0.6 is 11.6 Å². The van der Waals surface area contributed by atoms with Crippen molar-refractivity contribution in [3.63, 3.8) is 0 Å². The normalized spacial score (nSPS) is 11.6. The first-order valence-electron chi connectivity index (χ1n) is 3.31. The molecule has 0 fully saturated rings. The predicted octanol–water partition coefficient (Wildman–Crippen LogP) is 2.94. The first-order valence-corrected chi connectivity index (χ1v) is 3.69. The Hall–Kier alpha value is -0.630. The summed E-state index contributed by atoms with van der Waals surface area (Å²) in [6.07, 6.45) is 1.45. The molecule has 0 atom stereocenters. The number of halogens is 2. The van der Waals surface area contributed by atoms with Crippen molar-refractivity contribution in [2.24, 2.45) is 0 Å². The number of pyridine rings is 1. The third kappa shape index (κ3) is 2.15. The molecule has 0 radical (unpaired) electrons. The highest BCUT2D eigenvalue weighted by Crippen LogP contribution is 2.23. The van der Waals surface area contributed by atoms with Crippen molar-refractivity contribution in [2.45, 2.75) is 19.5 Å². The van der Waals surface area contributed by atoms with Crippen molar-refractivity contribution in [2.75, 3.05) is 0 Å². The van der Waals surface area contributed by atoms with Crippen molar-refractivity contribution in [3.8, 4) is 0 Å². The summed E-state index contributed by atoms with van der Waals surface area (Å²) >= 11 is 5.53. The Labute approximate surface area is 70.2 Å². The predicted molar refractivity (Wildman–Crippen MR) is 43.4 cm³/mol. The van der Waals surface area contributed by atoms with Crippen LogP contribution in [0.3, 0.4) is 0 Å². The fourth-order valence-electron chi connectivity index (χ4n) is 0.727. The van der Waals surface area contributed by atoms with E-state index in [1.54, 1.807) is 12.1 Å². The van der Waals surface area contributed by atoms with E-state index in [9.17, 15) is 4.39 Å². The third-order valence-electron chi connectivity index (χ3n) is 1.41. The van der Waals surface area contributed by atoms with Crippen LogP contribution < -0.4 is 0 Å². The van der Waals surface area contributed by atoms with Gasteiger partial charge in [-0.25, -0.2) is 9.37 Å². The minimum absolute atomic E-state index is 0.387. The molecule has 1 rings (SSSR count). The van der Waals surface area contributed by atoms with Gasteiger partial charge in [-0.3, -0.25) is 0 Å². The molecule has 3 heteroatoms. The van der Waals surface area contributed by atoms with Gasteiger partial charge in [0.15, 0.2) is 0 Å². The number of rotatable bonds is 1. The zero-order chi connectivity index (χ0) is 8.48. The summed E-state index contributed by atoms with van der Waals surface area (Å²) in [7, 11) is 0. The molecule has 0 saturated carbocycles. The number of hydrogen-bond donors (Lipinski definition) is 0. The topological polar surface area (TPSA) is 12.9 Å². The molecule has 60 valence electrons. The lowest BCUT2D eigenvalue weighted by Gasteiger charge is -2.13. The maximum absolute atomic E-state index is 13.2. The molecule has 0 aromatic carbocycles. The molecule has 0 aliphatic rings. The van der Waals surface area contributed by atoms with Crippen LogP contribution in [0.2, 0.25) is 5.15 Å². The van der Waals surface area contributed by atoms with Gasteiger partial charge in [-0.2, -0.15) is 0 Å². The third-order valence-corrected chi connectivity index (χ3v) is 1.64. The lowest BCUT2D eigenvalue weighted by Crippen LogP contribution is -2.08. The fraction of sp³-hybridized carbons (Fsp3) is 0.375. The van der Waals surface area contributed by atoms with E-state index in [2.05, 4.69) is 4.98 Å². The number of nitrogens with zero attached hydrogens (tertiary/aromatic N) is 1. The van der Waals surface area contributed by atoms with E-state index in [0.717, 1.165) is 0 Å². The molecule has 0 spiro atoms. The Kier molecular flexibility index (Phi) is 2.14. The van der Waals surface area contributed by atoms with Crippen LogP contribution in [0.25, 0.3) is 0 Å². The molecule has 0 saturated heterocycles. The highest BCUT2D eigenvalue weighted by atomic mass is 35.5. The quantitative estimate of drug-likeness (QED) is 0.595. The van der Waals surface area contributed by atoms with E-state index in [0.29, 0.717) is 10.7 Å². The molecular formula is C8H9ClFN. The second-order valence-corrected chi connectivity index (χ2v) is 3.23. The first-order chi connectivity index (χ1) is 5.00. The maximum Gasteiger partial charge on any atom is 0.131 e. The summed E-state index contributed by atoms with van der Waals surface area (Å²) in [5, 5.41) is 0.387. The Morgan fingerprint density at radius 1 is 1.45 bits per heavy atom. The van der Waals surface area contributed by atoms with E-state index in [1.165, 1.54) is 20.0 Å². The minimum Gasteiger partial charge on any atom is -0.244 e. The highest BCUT2D eigenvalue weighted by molar-refractivity contribution is 6.29. The number of alkyl halides is 1. The van der Waals surface area contributed by atoms with E-state index >= 15 is 0 Å². The average Bonchev–Trinajstić information content (AvgIpc) is 1.86. The summed E-state index contributed by atoms with van der Waals surface area (Å²) in [6.45, 7) is 2.97. The van der Waals surface area contributed by atoms with Gasteiger partial charge in [-0.1, -0.05) is 17.7 Å². The van der Waals surface area contributed by atoms with Gasteiger partial charge in [0, 0.05) is 11.8 Å². The molecule has 0 unspecified atom stereocenters. The SMILES string of the molecule is CC(C)(F)c1ccc(Cl)nc1. The minimum atomic E-state index is -1.34. The Balaban J connectivity index is 2.99. The van der Waals surface area contributed by atoms with Gasteiger partial charge in [-0.05, 0) is 19.9 Å². The van der Waals surface area contributed by atoms with Crippen molar-refractivity contribution in [3.05, 3.63) is 29.0 Å². The van der Waals surface area contributed by atoms with Crippen molar-refractivity contribution >= 4 is 11.6 Å². The molecule has 11 heavy (non-hydrogen) atoms. The van der Waals surface area contributed by atoms with Gasteiger partial charge in [0.25, 0.3) is 0 Å². The summed E-state index contributed by atoms with van der Waals surface area (Å²) in [4.78, 5) is 3.77. The lowest BCUT2D eigenvalue weighted by molar-refractivity contribution is 0.221. The van der Waals surface area contributed by atoms with Gasteiger partial charge < -0.3 is 0 Å². The second-order valence-electron chi connectivity index (χ2n) is 2.84. The molecule has 1 heterocycles. The van der Waals surface area contributed by atoms with Crippen molar-refractivity contribution in [1.29, 1.82) is 0 Å². The van der Waals surface area contributed by atoms with E-state index < -0.39 is 5.67 Å². The lowest BCUT2D eigenvalue weighted by atomic mass is 10.0. The molecular weight excluding hydrogens is 165 g/mol. The average molecular weight is 174 g/mol. The monoisotopic (exact) mass is 173 g/mol. The van der Waals surface area contributed by atoms with Gasteiger partial charge >= 0.3 is 0 Å². The van der Waals surface area contributed by atoms with Crippen LogP contribution in [0.4, 0.5) is 4.39 Å². The molecule has 0 bridgehead atoms. The summed E-state index contributed by atoms with van der Waals surface area (Å²) < 4.78 is 13.2. The van der Waals surface area contributed by atoms with Crippen LogP contribution in [-0.2, 0) is 5.67 Å². The molecule has 0 amide bonds. The Bertz CT molecular complexity index is 237. The number of aromatic nitrogens is 1. The van der Waals surface area contributed by atoms with E-state index in [4.69, 9.17) is 11.6 Å². The van der Waals surface area contributed by atoms with E-state index in [-0.39, 0.29) is 0 Å². The van der Waals surface area contributed by atoms with Crippen LogP contribution in [0.5, 0.6) is 0 Å². The zero-order valence-electron chi connectivity index (χ0n) is 6.44. The van der Waals surface area contributed by atoms with Gasteiger partial charge in [0.1, 0.15) is 10.8 Å². The Morgan fingerprint density at radius 2 is 2.09 bits per heavy atom. The molecule has 1 aromatic heterocycles. The molecule has 0 aliphatic heterocycles. The zero-order valence-corrected chi connectivity index (χ0v) is 7.19. The van der Waals surface area contributed by atoms with Crippen LogP contribution in [0.1, 0.15) is 19.4 Å². The van der Waals surface area contributed by atoms with Gasteiger partial charge in [0.05, 0.1) is 0 Å². The molecule has 1 nitrogen and oxygen atoms in total.